The van der Waals surface area contributed by atoms with Crippen molar-refractivity contribution in [2.45, 2.75) is 6.61 Å². The molecule has 1 rings (SSSR count). The molecular weight excluding hydrogens is 214 g/mol. The number of rotatable bonds is 3. The van der Waals surface area contributed by atoms with Crippen LogP contribution in [0.15, 0.2) is 15.9 Å². The van der Waals surface area contributed by atoms with E-state index >= 15 is 0 Å². The summed E-state index contributed by atoms with van der Waals surface area (Å²) in [7, 11) is 1.75. The van der Waals surface area contributed by atoms with Crippen LogP contribution in [-0.4, -0.2) is 7.05 Å². The minimum absolute atomic E-state index is 0.632. The van der Waals surface area contributed by atoms with Crippen molar-refractivity contribution in [1.82, 2.24) is 5.48 Å². The Morgan fingerprint density at radius 1 is 1.70 bits per heavy atom. The van der Waals surface area contributed by atoms with E-state index < -0.39 is 0 Å². The maximum Gasteiger partial charge on any atom is 0.102 e. The van der Waals surface area contributed by atoms with Gasteiger partial charge in [0.2, 0.25) is 0 Å². The second-order valence-electron chi connectivity index (χ2n) is 1.70. The third kappa shape index (κ3) is 2.38. The van der Waals surface area contributed by atoms with Crippen LogP contribution < -0.4 is 5.48 Å². The molecular formula is C6H8BrNOS. The monoisotopic (exact) mass is 221 g/mol. The van der Waals surface area contributed by atoms with Gasteiger partial charge in [0.25, 0.3) is 0 Å². The van der Waals surface area contributed by atoms with Crippen molar-refractivity contribution in [1.29, 1.82) is 0 Å². The van der Waals surface area contributed by atoms with Gasteiger partial charge in [-0.05, 0) is 28.1 Å². The standard InChI is InChI=1S/C6H8BrNOS/c1-8-9-4-5-2-3-6(7)10-5/h2-3,8H,4H2,1H3. The van der Waals surface area contributed by atoms with Crippen molar-refractivity contribution in [2.75, 3.05) is 7.05 Å². The largest absolute Gasteiger partial charge is 0.296 e. The predicted octanol–water partition coefficient (Wildman–Crippen LogP) is 2.16. The topological polar surface area (TPSA) is 21.3 Å². The summed E-state index contributed by atoms with van der Waals surface area (Å²) >= 11 is 5.05. The normalized spacial score (nSPS) is 10.2. The van der Waals surface area contributed by atoms with Crippen molar-refractivity contribution >= 4 is 27.3 Å². The zero-order valence-electron chi connectivity index (χ0n) is 5.56. The van der Waals surface area contributed by atoms with E-state index in [0.717, 1.165) is 3.79 Å². The minimum atomic E-state index is 0.632. The highest BCUT2D eigenvalue weighted by molar-refractivity contribution is 9.11. The molecule has 0 aliphatic heterocycles. The van der Waals surface area contributed by atoms with E-state index in [4.69, 9.17) is 4.84 Å². The minimum Gasteiger partial charge on any atom is -0.296 e. The third-order valence-corrected chi connectivity index (χ3v) is 2.58. The molecule has 10 heavy (non-hydrogen) atoms. The molecule has 56 valence electrons. The van der Waals surface area contributed by atoms with Gasteiger partial charge in [0.05, 0.1) is 3.79 Å². The lowest BCUT2D eigenvalue weighted by atomic mass is 10.5. The summed E-state index contributed by atoms with van der Waals surface area (Å²) in [6, 6.07) is 4.05. The molecule has 4 heteroatoms. The SMILES string of the molecule is CNOCc1ccc(Br)s1. The maximum absolute atomic E-state index is 4.97. The summed E-state index contributed by atoms with van der Waals surface area (Å²) in [5.41, 5.74) is 2.62. The van der Waals surface area contributed by atoms with Gasteiger partial charge in [-0.1, -0.05) is 0 Å². The Hall–Kier alpha value is 0.1000. The summed E-state index contributed by atoms with van der Waals surface area (Å²) in [6.45, 7) is 0.632. The Morgan fingerprint density at radius 3 is 3.00 bits per heavy atom. The second-order valence-corrected chi connectivity index (χ2v) is 4.25. The molecule has 1 heterocycles. The van der Waals surface area contributed by atoms with E-state index in [1.807, 2.05) is 12.1 Å². The molecule has 1 N–H and O–H groups in total. The van der Waals surface area contributed by atoms with Crippen LogP contribution in [0.5, 0.6) is 0 Å². The molecule has 0 saturated carbocycles. The van der Waals surface area contributed by atoms with Gasteiger partial charge >= 0.3 is 0 Å². The summed E-state index contributed by atoms with van der Waals surface area (Å²) in [6.07, 6.45) is 0. The fraction of sp³-hybridized carbons (Fsp3) is 0.333. The van der Waals surface area contributed by atoms with Gasteiger partial charge in [0.15, 0.2) is 0 Å². The zero-order valence-corrected chi connectivity index (χ0v) is 7.96. The fourth-order valence-electron chi connectivity index (χ4n) is 0.573. The van der Waals surface area contributed by atoms with Crippen molar-refractivity contribution in [3.8, 4) is 0 Å². The molecule has 0 aromatic carbocycles. The molecule has 1 aromatic heterocycles. The van der Waals surface area contributed by atoms with Crippen molar-refractivity contribution < 1.29 is 4.84 Å². The molecule has 0 bridgehead atoms. The summed E-state index contributed by atoms with van der Waals surface area (Å²) in [4.78, 5) is 6.18. The van der Waals surface area contributed by atoms with Gasteiger partial charge in [-0.15, -0.1) is 11.3 Å². The molecule has 0 amide bonds. The second kappa shape index (κ2) is 4.08. The summed E-state index contributed by atoms with van der Waals surface area (Å²) in [5.74, 6) is 0. The van der Waals surface area contributed by atoms with Gasteiger partial charge in [-0.25, -0.2) is 5.48 Å². The molecule has 2 nitrogen and oxygen atoms in total. The molecule has 0 radical (unpaired) electrons. The quantitative estimate of drug-likeness (QED) is 0.791. The number of hydrogen-bond donors (Lipinski definition) is 1. The lowest BCUT2D eigenvalue weighted by Gasteiger charge is -1.95. The Morgan fingerprint density at radius 2 is 2.50 bits per heavy atom. The van der Waals surface area contributed by atoms with Gasteiger partial charge in [0, 0.05) is 11.9 Å². The molecule has 0 unspecified atom stereocenters. The van der Waals surface area contributed by atoms with Crippen molar-refractivity contribution in [3.05, 3.63) is 20.8 Å². The van der Waals surface area contributed by atoms with E-state index in [2.05, 4.69) is 21.4 Å². The first-order valence-corrected chi connectivity index (χ1v) is 4.46. The Bertz CT molecular complexity index is 201. The van der Waals surface area contributed by atoms with E-state index in [9.17, 15) is 0 Å². The Labute approximate surface area is 72.3 Å². The van der Waals surface area contributed by atoms with E-state index in [0.29, 0.717) is 6.61 Å². The van der Waals surface area contributed by atoms with Crippen LogP contribution in [0.2, 0.25) is 0 Å². The van der Waals surface area contributed by atoms with Crippen LogP contribution in [0.3, 0.4) is 0 Å². The summed E-state index contributed by atoms with van der Waals surface area (Å²) in [5, 5.41) is 0. The van der Waals surface area contributed by atoms with Crippen LogP contribution in [0, 0.1) is 0 Å². The molecule has 0 atom stereocenters. The van der Waals surface area contributed by atoms with Crippen LogP contribution >= 0.6 is 27.3 Å². The highest BCUT2D eigenvalue weighted by Crippen LogP contribution is 2.22. The molecule has 0 aliphatic rings. The first-order chi connectivity index (χ1) is 4.83. The smallest absolute Gasteiger partial charge is 0.102 e. The Balaban J connectivity index is 2.42. The lowest BCUT2D eigenvalue weighted by Crippen LogP contribution is -2.05. The number of hydroxylamine groups is 1. The van der Waals surface area contributed by atoms with Gasteiger partial charge in [-0.2, -0.15) is 0 Å². The maximum atomic E-state index is 4.97. The van der Waals surface area contributed by atoms with Crippen LogP contribution in [0.25, 0.3) is 0 Å². The average molecular weight is 222 g/mol. The molecule has 0 fully saturated rings. The van der Waals surface area contributed by atoms with Crippen molar-refractivity contribution in [3.63, 3.8) is 0 Å². The van der Waals surface area contributed by atoms with Crippen LogP contribution in [0.4, 0.5) is 0 Å². The zero-order chi connectivity index (χ0) is 7.40. The summed E-state index contributed by atoms with van der Waals surface area (Å²) < 4.78 is 1.14. The highest BCUT2D eigenvalue weighted by Gasteiger charge is 1.95. The van der Waals surface area contributed by atoms with E-state index in [1.54, 1.807) is 18.4 Å². The van der Waals surface area contributed by atoms with Crippen molar-refractivity contribution in [2.24, 2.45) is 0 Å². The van der Waals surface area contributed by atoms with Gasteiger partial charge in [0.1, 0.15) is 6.61 Å². The van der Waals surface area contributed by atoms with Gasteiger partial charge in [-0.3, -0.25) is 4.84 Å². The number of nitrogens with one attached hydrogen (secondary N) is 1. The van der Waals surface area contributed by atoms with E-state index in [-0.39, 0.29) is 0 Å². The van der Waals surface area contributed by atoms with E-state index in [1.165, 1.54) is 4.88 Å². The number of halogens is 1. The lowest BCUT2D eigenvalue weighted by molar-refractivity contribution is 0.0461. The average Bonchev–Trinajstić information content (AvgIpc) is 2.31. The van der Waals surface area contributed by atoms with Crippen LogP contribution in [0.1, 0.15) is 4.88 Å². The van der Waals surface area contributed by atoms with Gasteiger partial charge < -0.3 is 0 Å². The first kappa shape index (κ1) is 8.20. The highest BCUT2D eigenvalue weighted by atomic mass is 79.9. The molecule has 0 aliphatic carbocycles. The predicted molar refractivity (Wildman–Crippen MR) is 45.9 cm³/mol. The first-order valence-electron chi connectivity index (χ1n) is 2.85. The third-order valence-electron chi connectivity index (χ3n) is 0.988. The molecule has 0 saturated heterocycles. The molecule has 1 aromatic rings. The fourth-order valence-corrected chi connectivity index (χ4v) is 1.97. The number of hydrogen-bond acceptors (Lipinski definition) is 3. The Kier molecular flexibility index (Phi) is 3.34. The van der Waals surface area contributed by atoms with Crippen LogP contribution in [-0.2, 0) is 11.4 Å². The number of thiophene rings is 1. The molecule has 0 spiro atoms.